The second-order valence-electron chi connectivity index (χ2n) is 7.83. The van der Waals surface area contributed by atoms with Crippen molar-refractivity contribution >= 4 is 11.9 Å². The number of aliphatic hydroxyl groups excluding tert-OH is 1. The maximum absolute atomic E-state index is 10.9. The van der Waals surface area contributed by atoms with Crippen molar-refractivity contribution < 1.29 is 24.9 Å². The van der Waals surface area contributed by atoms with Gasteiger partial charge >= 0.3 is 11.9 Å². The van der Waals surface area contributed by atoms with Gasteiger partial charge in [-0.25, -0.2) is 0 Å². The van der Waals surface area contributed by atoms with Crippen LogP contribution in [0.25, 0.3) is 0 Å². The zero-order chi connectivity index (χ0) is 21.0. The molecule has 0 aromatic heterocycles. The zero-order valence-electron chi connectivity index (χ0n) is 17.9. The summed E-state index contributed by atoms with van der Waals surface area (Å²) in [5.74, 6) is -3.76. The first kappa shape index (κ1) is 26.9. The number of aliphatic hydroxyl groups is 1. The monoisotopic (exact) mass is 401 g/mol. The summed E-state index contributed by atoms with van der Waals surface area (Å²) in [6.45, 7) is 5.46. The van der Waals surface area contributed by atoms with Crippen molar-refractivity contribution in [2.75, 3.05) is 26.2 Å². The van der Waals surface area contributed by atoms with Crippen molar-refractivity contribution in [3.05, 3.63) is 0 Å². The molecule has 6 heteroatoms. The Hall–Kier alpha value is -1.14. The Morgan fingerprint density at radius 2 is 1.11 bits per heavy atom. The second kappa shape index (κ2) is 19.2. The molecule has 0 fully saturated rings. The van der Waals surface area contributed by atoms with Gasteiger partial charge < -0.3 is 20.2 Å². The van der Waals surface area contributed by atoms with E-state index in [2.05, 4.69) is 11.8 Å². The van der Waals surface area contributed by atoms with Gasteiger partial charge in [0.15, 0.2) is 5.92 Å². The number of hydrogen-bond donors (Lipinski definition) is 3. The van der Waals surface area contributed by atoms with Gasteiger partial charge in [0.2, 0.25) is 0 Å². The summed E-state index contributed by atoms with van der Waals surface area (Å²) in [5, 5.41) is 26.8. The number of carboxylic acid groups (broad SMARTS) is 2. The fourth-order valence-electron chi connectivity index (χ4n) is 3.49. The van der Waals surface area contributed by atoms with E-state index in [-0.39, 0.29) is 13.0 Å². The lowest BCUT2D eigenvalue weighted by molar-refractivity contribution is -0.154. The molecule has 0 aromatic carbocycles. The Balaban J connectivity index is 3.82. The number of nitrogens with zero attached hydrogens (tertiary/aromatic N) is 1. The topological polar surface area (TPSA) is 98.1 Å². The quantitative estimate of drug-likeness (QED) is 0.193. The molecule has 0 saturated heterocycles. The minimum Gasteiger partial charge on any atom is -0.481 e. The van der Waals surface area contributed by atoms with Gasteiger partial charge in [-0.05, 0) is 38.8 Å². The van der Waals surface area contributed by atoms with Gasteiger partial charge in [-0.1, -0.05) is 71.1 Å². The molecule has 0 heterocycles. The van der Waals surface area contributed by atoms with Crippen LogP contribution in [0.2, 0.25) is 0 Å². The van der Waals surface area contributed by atoms with E-state index in [1.807, 2.05) is 0 Å². The van der Waals surface area contributed by atoms with Crippen LogP contribution in [0.5, 0.6) is 0 Å². The summed E-state index contributed by atoms with van der Waals surface area (Å²) in [4.78, 5) is 24.1. The Labute approximate surface area is 171 Å². The van der Waals surface area contributed by atoms with E-state index < -0.39 is 17.9 Å². The number of hydrogen-bond acceptors (Lipinski definition) is 4. The molecular formula is C22H43NO5. The largest absolute Gasteiger partial charge is 0.481 e. The molecule has 0 atom stereocenters. The number of rotatable bonds is 21. The first-order chi connectivity index (χ1) is 13.5. The van der Waals surface area contributed by atoms with Gasteiger partial charge in [0.1, 0.15) is 0 Å². The molecular weight excluding hydrogens is 358 g/mol. The van der Waals surface area contributed by atoms with Gasteiger partial charge in [-0.2, -0.15) is 0 Å². The molecule has 0 aliphatic carbocycles. The lowest BCUT2D eigenvalue weighted by Gasteiger charge is -2.22. The molecule has 0 aromatic rings. The van der Waals surface area contributed by atoms with E-state index >= 15 is 0 Å². The predicted octanol–water partition coefficient (Wildman–Crippen LogP) is 4.55. The van der Waals surface area contributed by atoms with Crippen LogP contribution in [0.1, 0.15) is 96.8 Å². The molecule has 166 valence electrons. The Kier molecular flexibility index (Phi) is 18.4. The molecule has 3 N–H and O–H groups in total. The van der Waals surface area contributed by atoms with E-state index in [9.17, 15) is 9.59 Å². The SMILES string of the molecule is CCCCCCCCCCN(CCCO)CCCCCCC(C(=O)O)C(=O)O. The molecule has 0 aliphatic rings. The van der Waals surface area contributed by atoms with Crippen LogP contribution in [0.3, 0.4) is 0 Å². The fourth-order valence-corrected chi connectivity index (χ4v) is 3.49. The molecule has 0 aliphatic heterocycles. The van der Waals surface area contributed by atoms with E-state index in [0.717, 1.165) is 45.3 Å². The average Bonchev–Trinajstić information content (AvgIpc) is 2.65. The highest BCUT2D eigenvalue weighted by Gasteiger charge is 2.24. The third kappa shape index (κ3) is 15.9. The second-order valence-corrected chi connectivity index (χ2v) is 7.83. The van der Waals surface area contributed by atoms with Crippen molar-refractivity contribution in [1.29, 1.82) is 0 Å². The Morgan fingerprint density at radius 3 is 1.57 bits per heavy atom. The van der Waals surface area contributed by atoms with E-state index in [1.165, 1.54) is 51.4 Å². The van der Waals surface area contributed by atoms with Crippen molar-refractivity contribution in [3.63, 3.8) is 0 Å². The van der Waals surface area contributed by atoms with Crippen LogP contribution >= 0.6 is 0 Å². The molecule has 0 bridgehead atoms. The van der Waals surface area contributed by atoms with Crippen molar-refractivity contribution in [2.24, 2.45) is 5.92 Å². The smallest absolute Gasteiger partial charge is 0.317 e. The summed E-state index contributed by atoms with van der Waals surface area (Å²) >= 11 is 0. The van der Waals surface area contributed by atoms with Crippen LogP contribution in [-0.4, -0.2) is 58.4 Å². The predicted molar refractivity (Wildman–Crippen MR) is 113 cm³/mol. The molecule has 6 nitrogen and oxygen atoms in total. The Bertz CT molecular complexity index is 375. The number of carbonyl (C=O) groups is 2. The summed E-state index contributed by atoms with van der Waals surface area (Å²) in [6.07, 6.45) is 15.0. The van der Waals surface area contributed by atoms with Gasteiger partial charge in [0.25, 0.3) is 0 Å². The van der Waals surface area contributed by atoms with Crippen LogP contribution in [0.4, 0.5) is 0 Å². The van der Waals surface area contributed by atoms with E-state index in [0.29, 0.717) is 6.42 Å². The Morgan fingerprint density at radius 1 is 0.679 bits per heavy atom. The highest BCUT2D eigenvalue weighted by atomic mass is 16.4. The third-order valence-corrected chi connectivity index (χ3v) is 5.27. The molecule has 0 saturated carbocycles. The first-order valence-corrected chi connectivity index (χ1v) is 11.3. The van der Waals surface area contributed by atoms with E-state index in [4.69, 9.17) is 15.3 Å². The number of unbranched alkanes of at least 4 members (excludes halogenated alkanes) is 10. The van der Waals surface area contributed by atoms with Crippen LogP contribution in [0.15, 0.2) is 0 Å². The van der Waals surface area contributed by atoms with Crippen molar-refractivity contribution in [2.45, 2.75) is 96.8 Å². The molecule has 0 rings (SSSR count). The minimum absolute atomic E-state index is 0.206. The summed E-state index contributed by atoms with van der Waals surface area (Å²) < 4.78 is 0. The normalized spacial score (nSPS) is 11.4. The lowest BCUT2D eigenvalue weighted by atomic mass is 10.0. The van der Waals surface area contributed by atoms with Gasteiger partial charge in [-0.15, -0.1) is 0 Å². The highest BCUT2D eigenvalue weighted by Crippen LogP contribution is 2.13. The maximum atomic E-state index is 10.9. The molecule has 0 amide bonds. The molecule has 0 radical (unpaired) electrons. The maximum Gasteiger partial charge on any atom is 0.317 e. The van der Waals surface area contributed by atoms with Crippen LogP contribution in [0, 0.1) is 5.92 Å². The summed E-state index contributed by atoms with van der Waals surface area (Å²) in [7, 11) is 0. The molecule has 0 spiro atoms. The average molecular weight is 402 g/mol. The number of carboxylic acids is 2. The standard InChI is InChI=1S/C22H43NO5/c1-2-3-4-5-6-7-9-12-16-23(18-14-19-24)17-13-10-8-11-15-20(21(25)26)22(27)28/h20,24H,2-19H2,1H3,(H,25,26)(H,27,28). The fraction of sp³-hybridized carbons (Fsp3) is 0.909. The van der Waals surface area contributed by atoms with Gasteiger partial charge in [0, 0.05) is 13.2 Å². The van der Waals surface area contributed by atoms with E-state index in [1.54, 1.807) is 0 Å². The summed E-state index contributed by atoms with van der Waals surface area (Å²) in [6, 6.07) is 0. The van der Waals surface area contributed by atoms with Gasteiger partial charge in [0.05, 0.1) is 0 Å². The van der Waals surface area contributed by atoms with Crippen molar-refractivity contribution in [3.8, 4) is 0 Å². The molecule has 0 unspecified atom stereocenters. The lowest BCUT2D eigenvalue weighted by Crippen LogP contribution is -2.28. The number of aliphatic carboxylic acids is 2. The first-order valence-electron chi connectivity index (χ1n) is 11.3. The van der Waals surface area contributed by atoms with Crippen molar-refractivity contribution in [1.82, 2.24) is 4.90 Å². The van der Waals surface area contributed by atoms with Gasteiger partial charge in [-0.3, -0.25) is 9.59 Å². The minimum atomic E-state index is -1.27. The summed E-state index contributed by atoms with van der Waals surface area (Å²) in [5.41, 5.74) is 0. The zero-order valence-corrected chi connectivity index (χ0v) is 17.9. The van der Waals surface area contributed by atoms with Crippen LogP contribution < -0.4 is 0 Å². The molecule has 28 heavy (non-hydrogen) atoms. The third-order valence-electron chi connectivity index (χ3n) is 5.27. The van der Waals surface area contributed by atoms with Crippen LogP contribution in [-0.2, 0) is 9.59 Å². The highest BCUT2D eigenvalue weighted by molar-refractivity contribution is 5.92.